The highest BCUT2D eigenvalue weighted by molar-refractivity contribution is 5.57. The fourth-order valence-electron chi connectivity index (χ4n) is 2.23. The van der Waals surface area contributed by atoms with Crippen LogP contribution in [0.1, 0.15) is 47.0 Å². The Morgan fingerprint density at radius 2 is 1.88 bits per heavy atom. The maximum atomic E-state index is 10.8. The van der Waals surface area contributed by atoms with Crippen LogP contribution in [-0.4, -0.2) is 19.4 Å². The Hall–Kier alpha value is -0.630. The van der Waals surface area contributed by atoms with Gasteiger partial charge in [-0.3, -0.25) is 0 Å². The Labute approximate surface area is 107 Å². The lowest BCUT2D eigenvalue weighted by molar-refractivity contribution is -0.109. The number of carbonyl (C=O) groups is 1. The second-order valence-corrected chi connectivity index (χ2v) is 5.34. The summed E-state index contributed by atoms with van der Waals surface area (Å²) < 4.78 is 0. The maximum absolute atomic E-state index is 10.8. The summed E-state index contributed by atoms with van der Waals surface area (Å²) >= 11 is 0. The quantitative estimate of drug-likeness (QED) is 0.493. The van der Waals surface area contributed by atoms with E-state index < -0.39 is 0 Å². The van der Waals surface area contributed by atoms with Gasteiger partial charge in [-0.2, -0.15) is 0 Å². The molecule has 0 aromatic heterocycles. The summed E-state index contributed by atoms with van der Waals surface area (Å²) in [6, 6.07) is 0.559. The van der Waals surface area contributed by atoms with Crippen LogP contribution in [-0.2, 0) is 4.79 Å². The highest BCUT2D eigenvalue weighted by atomic mass is 16.1. The third-order valence-corrected chi connectivity index (χ3v) is 3.87. The van der Waals surface area contributed by atoms with Gasteiger partial charge in [0.2, 0.25) is 0 Å². The van der Waals surface area contributed by atoms with E-state index >= 15 is 0 Å². The van der Waals surface area contributed by atoms with Crippen molar-refractivity contribution in [1.29, 1.82) is 0 Å². The zero-order valence-electron chi connectivity index (χ0n) is 12.1. The van der Waals surface area contributed by atoms with Crippen LogP contribution >= 0.6 is 0 Å². The molecule has 0 rings (SSSR count). The molecule has 2 unspecified atom stereocenters. The van der Waals surface area contributed by atoms with E-state index in [9.17, 15) is 4.79 Å². The lowest BCUT2D eigenvalue weighted by Gasteiger charge is -2.25. The van der Waals surface area contributed by atoms with Crippen molar-refractivity contribution in [2.24, 2.45) is 17.8 Å². The van der Waals surface area contributed by atoms with E-state index in [1.807, 2.05) is 14.0 Å². The SMILES string of the molecule is C=C(C(C)C=O)[C@H](C)CC(CC)C[C@@H](C)NC. The number of hydrogen-bond donors (Lipinski definition) is 1. The minimum absolute atomic E-state index is 0.00997. The summed E-state index contributed by atoms with van der Waals surface area (Å²) in [5.41, 5.74) is 1.08. The van der Waals surface area contributed by atoms with E-state index in [1.165, 1.54) is 12.8 Å². The molecule has 0 radical (unpaired) electrons. The molecule has 0 aliphatic heterocycles. The van der Waals surface area contributed by atoms with E-state index in [4.69, 9.17) is 0 Å². The molecule has 2 nitrogen and oxygen atoms in total. The lowest BCUT2D eigenvalue weighted by Crippen LogP contribution is -2.25. The zero-order chi connectivity index (χ0) is 13.4. The summed E-state index contributed by atoms with van der Waals surface area (Å²) in [4.78, 5) is 10.8. The molecule has 0 bridgehead atoms. The van der Waals surface area contributed by atoms with Gasteiger partial charge < -0.3 is 10.1 Å². The molecule has 0 aromatic carbocycles. The molecule has 4 atom stereocenters. The van der Waals surface area contributed by atoms with Crippen LogP contribution in [0.4, 0.5) is 0 Å². The summed E-state index contributed by atoms with van der Waals surface area (Å²) in [6.07, 6.45) is 4.52. The van der Waals surface area contributed by atoms with E-state index in [0.717, 1.165) is 18.3 Å². The molecule has 0 amide bonds. The van der Waals surface area contributed by atoms with Crippen molar-refractivity contribution in [2.45, 2.75) is 53.0 Å². The monoisotopic (exact) mass is 239 g/mol. The molecule has 100 valence electrons. The van der Waals surface area contributed by atoms with E-state index in [2.05, 4.69) is 32.7 Å². The molecule has 0 heterocycles. The molecule has 17 heavy (non-hydrogen) atoms. The summed E-state index contributed by atoms with van der Waals surface area (Å²) in [5.74, 6) is 1.14. The molecule has 0 aromatic rings. The standard InChI is InChI=1S/C15H29NO/c1-7-15(9-13(4)16-6)8-11(2)14(5)12(3)10-17/h10-13,15-16H,5,7-9H2,1-4,6H3/t11-,12?,13-,15?/m1/s1. The van der Waals surface area contributed by atoms with Crippen LogP contribution in [0, 0.1) is 17.8 Å². The first-order valence-electron chi connectivity index (χ1n) is 6.77. The van der Waals surface area contributed by atoms with Crippen molar-refractivity contribution in [3.63, 3.8) is 0 Å². The summed E-state index contributed by atoms with van der Waals surface area (Å²) in [5, 5.41) is 3.29. The van der Waals surface area contributed by atoms with Gasteiger partial charge in [0.1, 0.15) is 6.29 Å². The topological polar surface area (TPSA) is 29.1 Å². The predicted octanol–water partition coefficient (Wildman–Crippen LogP) is 3.43. The zero-order valence-corrected chi connectivity index (χ0v) is 12.1. The van der Waals surface area contributed by atoms with Crippen molar-refractivity contribution >= 4 is 6.29 Å². The number of allylic oxidation sites excluding steroid dienone is 1. The van der Waals surface area contributed by atoms with E-state index in [-0.39, 0.29) is 5.92 Å². The normalized spacial score (nSPS) is 18.2. The molecule has 0 saturated heterocycles. The Kier molecular flexibility index (Phi) is 8.15. The molecule has 1 N–H and O–H groups in total. The number of nitrogens with one attached hydrogen (secondary N) is 1. The number of carbonyl (C=O) groups excluding carboxylic acids is 1. The first-order chi connectivity index (χ1) is 7.96. The highest BCUT2D eigenvalue weighted by Crippen LogP contribution is 2.27. The average molecular weight is 239 g/mol. The fourth-order valence-corrected chi connectivity index (χ4v) is 2.23. The van der Waals surface area contributed by atoms with Gasteiger partial charge in [0.25, 0.3) is 0 Å². The largest absolute Gasteiger partial charge is 0.317 e. The van der Waals surface area contributed by atoms with Gasteiger partial charge in [-0.15, -0.1) is 0 Å². The van der Waals surface area contributed by atoms with Gasteiger partial charge >= 0.3 is 0 Å². The van der Waals surface area contributed by atoms with Crippen LogP contribution < -0.4 is 5.32 Å². The van der Waals surface area contributed by atoms with Gasteiger partial charge in [-0.25, -0.2) is 0 Å². The second kappa shape index (κ2) is 8.46. The van der Waals surface area contributed by atoms with Crippen molar-refractivity contribution in [3.05, 3.63) is 12.2 Å². The molecule has 2 heteroatoms. The predicted molar refractivity (Wildman–Crippen MR) is 75.1 cm³/mol. The fraction of sp³-hybridized carbons (Fsp3) is 0.800. The molecular formula is C15H29NO. The van der Waals surface area contributed by atoms with Crippen molar-refractivity contribution in [2.75, 3.05) is 7.05 Å². The third kappa shape index (κ3) is 6.02. The minimum atomic E-state index is -0.00997. The second-order valence-electron chi connectivity index (χ2n) is 5.34. The maximum Gasteiger partial charge on any atom is 0.126 e. The number of aldehydes is 1. The van der Waals surface area contributed by atoms with Gasteiger partial charge in [0.15, 0.2) is 0 Å². The third-order valence-electron chi connectivity index (χ3n) is 3.87. The Morgan fingerprint density at radius 1 is 1.29 bits per heavy atom. The van der Waals surface area contributed by atoms with Crippen molar-refractivity contribution < 1.29 is 4.79 Å². The smallest absolute Gasteiger partial charge is 0.126 e. The summed E-state index contributed by atoms with van der Waals surface area (Å²) in [6.45, 7) is 12.6. The molecule has 0 spiro atoms. The first kappa shape index (κ1) is 16.4. The van der Waals surface area contributed by atoms with Gasteiger partial charge in [-0.1, -0.05) is 39.3 Å². The van der Waals surface area contributed by atoms with Crippen LogP contribution in [0.25, 0.3) is 0 Å². The van der Waals surface area contributed by atoms with Crippen LogP contribution in [0.2, 0.25) is 0 Å². The van der Waals surface area contributed by atoms with E-state index in [1.54, 1.807) is 0 Å². The molecule has 0 fully saturated rings. The van der Waals surface area contributed by atoms with E-state index in [0.29, 0.717) is 17.9 Å². The average Bonchev–Trinajstić information content (AvgIpc) is 2.35. The first-order valence-corrected chi connectivity index (χ1v) is 6.77. The number of rotatable bonds is 9. The van der Waals surface area contributed by atoms with Crippen molar-refractivity contribution in [3.8, 4) is 0 Å². The lowest BCUT2D eigenvalue weighted by atomic mass is 9.82. The summed E-state index contributed by atoms with van der Waals surface area (Å²) in [7, 11) is 2.01. The van der Waals surface area contributed by atoms with Crippen LogP contribution in [0.5, 0.6) is 0 Å². The Balaban J connectivity index is 4.27. The van der Waals surface area contributed by atoms with Gasteiger partial charge in [0.05, 0.1) is 0 Å². The molecule has 0 aliphatic carbocycles. The molecular weight excluding hydrogens is 210 g/mol. The van der Waals surface area contributed by atoms with Gasteiger partial charge in [0, 0.05) is 12.0 Å². The van der Waals surface area contributed by atoms with Crippen molar-refractivity contribution in [1.82, 2.24) is 5.32 Å². The Morgan fingerprint density at radius 3 is 2.29 bits per heavy atom. The van der Waals surface area contributed by atoms with Crippen LogP contribution in [0.3, 0.4) is 0 Å². The van der Waals surface area contributed by atoms with Gasteiger partial charge in [-0.05, 0) is 38.6 Å². The highest BCUT2D eigenvalue weighted by Gasteiger charge is 2.18. The molecule has 0 aliphatic rings. The minimum Gasteiger partial charge on any atom is -0.317 e. The van der Waals surface area contributed by atoms with Crippen LogP contribution in [0.15, 0.2) is 12.2 Å². The molecule has 0 saturated carbocycles. The Bertz CT molecular complexity index is 237. The number of hydrogen-bond acceptors (Lipinski definition) is 2.